The molecule has 0 atom stereocenters. The van der Waals surface area contributed by atoms with Crippen LogP contribution in [0.3, 0.4) is 0 Å². The Kier molecular flexibility index (Phi) is 4.49. The fourth-order valence-electron chi connectivity index (χ4n) is 2.22. The zero-order chi connectivity index (χ0) is 17.1. The van der Waals surface area contributed by atoms with Gasteiger partial charge in [-0.15, -0.1) is 28.1 Å². The average Bonchev–Trinajstić information content (AvgIpc) is 3.38. The lowest BCUT2D eigenvalue weighted by molar-refractivity contribution is 0.391. The van der Waals surface area contributed by atoms with Crippen molar-refractivity contribution in [3.63, 3.8) is 0 Å². The van der Waals surface area contributed by atoms with Gasteiger partial charge in [-0.2, -0.15) is 4.98 Å². The third-order valence-electron chi connectivity index (χ3n) is 3.30. The van der Waals surface area contributed by atoms with Gasteiger partial charge in [0.25, 0.3) is 0 Å². The summed E-state index contributed by atoms with van der Waals surface area (Å²) in [6.45, 7) is 4.37. The number of hydrogen-bond donors (Lipinski definition) is 0. The summed E-state index contributed by atoms with van der Waals surface area (Å²) < 4.78 is 12.7. The molecule has 0 radical (unpaired) electrons. The second-order valence-electron chi connectivity index (χ2n) is 4.96. The molecule has 0 aliphatic rings. The maximum Gasteiger partial charge on any atom is 0.237 e. The number of allylic oxidation sites excluding steroid dienone is 1. The summed E-state index contributed by atoms with van der Waals surface area (Å²) in [6.07, 6.45) is 3.40. The molecule has 126 valence electrons. The molecular formula is C16H13N5O2S2. The highest BCUT2D eigenvalue weighted by Crippen LogP contribution is 2.27. The summed E-state index contributed by atoms with van der Waals surface area (Å²) in [5.74, 6) is 2.98. The maximum atomic E-state index is 5.42. The van der Waals surface area contributed by atoms with Gasteiger partial charge >= 0.3 is 0 Å². The standard InChI is InChI=1S/C16H13N5O2S2/c1-2-7-21-15(11-5-3-8-22-11)18-19-16(21)25-10-13-17-14(20-23-13)12-6-4-9-24-12/h2-6,8-9H,1,7,10H2. The zero-order valence-corrected chi connectivity index (χ0v) is 14.7. The largest absolute Gasteiger partial charge is 0.461 e. The Morgan fingerprint density at radius 3 is 3.00 bits per heavy atom. The monoisotopic (exact) mass is 371 g/mol. The molecule has 4 aromatic rings. The van der Waals surface area contributed by atoms with Crippen LogP contribution in [0.2, 0.25) is 0 Å². The van der Waals surface area contributed by atoms with Crippen LogP contribution in [0.25, 0.3) is 22.3 Å². The molecule has 4 heterocycles. The van der Waals surface area contributed by atoms with Gasteiger partial charge in [0.1, 0.15) is 0 Å². The van der Waals surface area contributed by atoms with E-state index in [0.29, 0.717) is 35.6 Å². The molecule has 0 unspecified atom stereocenters. The van der Waals surface area contributed by atoms with E-state index in [1.807, 2.05) is 34.2 Å². The van der Waals surface area contributed by atoms with E-state index in [1.54, 1.807) is 23.7 Å². The normalized spacial score (nSPS) is 11.0. The summed E-state index contributed by atoms with van der Waals surface area (Å²) in [5, 5.41) is 15.2. The lowest BCUT2D eigenvalue weighted by atomic mass is 10.4. The van der Waals surface area contributed by atoms with Crippen LogP contribution < -0.4 is 0 Å². The first-order valence-corrected chi connectivity index (χ1v) is 9.29. The van der Waals surface area contributed by atoms with Gasteiger partial charge < -0.3 is 8.94 Å². The van der Waals surface area contributed by atoms with Crippen LogP contribution in [0.4, 0.5) is 0 Å². The second kappa shape index (κ2) is 7.08. The minimum atomic E-state index is 0.506. The van der Waals surface area contributed by atoms with Crippen molar-refractivity contribution in [1.29, 1.82) is 0 Å². The molecule has 0 aliphatic heterocycles. The van der Waals surface area contributed by atoms with Crippen LogP contribution in [-0.4, -0.2) is 24.9 Å². The molecule has 0 fully saturated rings. The summed E-state index contributed by atoms with van der Waals surface area (Å²) in [4.78, 5) is 5.40. The predicted molar refractivity (Wildman–Crippen MR) is 95.1 cm³/mol. The van der Waals surface area contributed by atoms with Crippen molar-refractivity contribution in [3.05, 3.63) is 54.5 Å². The molecule has 0 aliphatic carbocycles. The zero-order valence-electron chi connectivity index (χ0n) is 13.0. The Hall–Kier alpha value is -2.65. The third kappa shape index (κ3) is 3.28. The second-order valence-corrected chi connectivity index (χ2v) is 6.85. The minimum absolute atomic E-state index is 0.506. The van der Waals surface area contributed by atoms with Crippen molar-refractivity contribution < 1.29 is 8.94 Å². The fraction of sp³-hybridized carbons (Fsp3) is 0.125. The SMILES string of the molecule is C=CCn1c(SCc2nc(-c3cccs3)no2)nnc1-c1ccco1. The molecule has 9 heteroatoms. The van der Waals surface area contributed by atoms with E-state index in [1.165, 1.54) is 11.8 Å². The molecule has 0 aromatic carbocycles. The molecule has 0 N–H and O–H groups in total. The number of thioether (sulfide) groups is 1. The van der Waals surface area contributed by atoms with Gasteiger partial charge in [0.05, 0.1) is 16.9 Å². The van der Waals surface area contributed by atoms with Crippen LogP contribution in [0, 0.1) is 0 Å². The maximum absolute atomic E-state index is 5.42. The fourth-order valence-corrected chi connectivity index (χ4v) is 3.66. The lowest BCUT2D eigenvalue weighted by Gasteiger charge is -2.04. The van der Waals surface area contributed by atoms with Crippen molar-refractivity contribution >= 4 is 23.1 Å². The first kappa shape index (κ1) is 15.9. The van der Waals surface area contributed by atoms with Gasteiger partial charge in [0.15, 0.2) is 10.9 Å². The van der Waals surface area contributed by atoms with Crippen molar-refractivity contribution in [1.82, 2.24) is 24.9 Å². The van der Waals surface area contributed by atoms with Crippen LogP contribution in [0.15, 0.2) is 62.7 Å². The van der Waals surface area contributed by atoms with E-state index < -0.39 is 0 Å². The van der Waals surface area contributed by atoms with Crippen molar-refractivity contribution in [2.24, 2.45) is 0 Å². The quantitative estimate of drug-likeness (QED) is 0.357. The summed E-state index contributed by atoms with van der Waals surface area (Å²) in [6, 6.07) is 7.59. The molecule has 0 saturated heterocycles. The smallest absolute Gasteiger partial charge is 0.237 e. The third-order valence-corrected chi connectivity index (χ3v) is 5.12. The van der Waals surface area contributed by atoms with Crippen LogP contribution in [0.1, 0.15) is 5.89 Å². The molecule has 4 aromatic heterocycles. The Labute approximate surface area is 151 Å². The van der Waals surface area contributed by atoms with Crippen molar-refractivity contribution in [2.75, 3.05) is 0 Å². The van der Waals surface area contributed by atoms with E-state index in [2.05, 4.69) is 26.9 Å². The van der Waals surface area contributed by atoms with Gasteiger partial charge in [0, 0.05) is 6.54 Å². The summed E-state index contributed by atoms with van der Waals surface area (Å²) in [5.41, 5.74) is 0. The summed E-state index contributed by atoms with van der Waals surface area (Å²) in [7, 11) is 0. The molecule has 0 bridgehead atoms. The molecule has 0 saturated carbocycles. The molecule has 4 rings (SSSR count). The van der Waals surface area contributed by atoms with Crippen LogP contribution in [0.5, 0.6) is 0 Å². The van der Waals surface area contributed by atoms with E-state index in [0.717, 1.165) is 10.0 Å². The van der Waals surface area contributed by atoms with Gasteiger partial charge in [-0.05, 0) is 23.6 Å². The first-order chi connectivity index (χ1) is 12.3. The molecule has 25 heavy (non-hydrogen) atoms. The highest BCUT2D eigenvalue weighted by atomic mass is 32.2. The van der Waals surface area contributed by atoms with E-state index in [4.69, 9.17) is 8.94 Å². The Morgan fingerprint density at radius 2 is 2.24 bits per heavy atom. The molecule has 7 nitrogen and oxygen atoms in total. The van der Waals surface area contributed by atoms with Crippen LogP contribution >= 0.6 is 23.1 Å². The van der Waals surface area contributed by atoms with Crippen molar-refractivity contribution in [2.45, 2.75) is 17.5 Å². The number of nitrogens with zero attached hydrogens (tertiary/aromatic N) is 5. The highest BCUT2D eigenvalue weighted by molar-refractivity contribution is 7.98. The predicted octanol–water partition coefficient (Wildman–Crippen LogP) is 4.13. The number of furan rings is 1. The molecular weight excluding hydrogens is 358 g/mol. The Bertz CT molecular complexity index is 957. The number of aromatic nitrogens is 5. The van der Waals surface area contributed by atoms with Gasteiger partial charge in [0.2, 0.25) is 17.5 Å². The number of thiophene rings is 1. The topological polar surface area (TPSA) is 82.8 Å². The van der Waals surface area contributed by atoms with Gasteiger partial charge in [-0.3, -0.25) is 4.57 Å². The van der Waals surface area contributed by atoms with Crippen LogP contribution in [-0.2, 0) is 12.3 Å². The Balaban J connectivity index is 1.52. The minimum Gasteiger partial charge on any atom is -0.461 e. The molecule has 0 amide bonds. The van der Waals surface area contributed by atoms with E-state index >= 15 is 0 Å². The molecule has 0 spiro atoms. The van der Waals surface area contributed by atoms with Gasteiger partial charge in [-0.1, -0.05) is 29.1 Å². The number of rotatable bonds is 7. The summed E-state index contributed by atoms with van der Waals surface area (Å²) >= 11 is 3.05. The van der Waals surface area contributed by atoms with E-state index in [9.17, 15) is 0 Å². The van der Waals surface area contributed by atoms with Gasteiger partial charge in [-0.25, -0.2) is 0 Å². The average molecular weight is 371 g/mol. The Morgan fingerprint density at radius 1 is 1.28 bits per heavy atom. The lowest BCUT2D eigenvalue weighted by Crippen LogP contribution is -2.00. The number of hydrogen-bond acceptors (Lipinski definition) is 8. The first-order valence-electron chi connectivity index (χ1n) is 7.42. The van der Waals surface area contributed by atoms with E-state index in [-0.39, 0.29) is 0 Å². The highest BCUT2D eigenvalue weighted by Gasteiger charge is 2.17. The van der Waals surface area contributed by atoms with Crippen molar-refractivity contribution in [3.8, 4) is 22.3 Å².